The number of ether oxygens (including phenoxy) is 1. The molecule has 0 aliphatic carbocycles. The Kier molecular flexibility index (Phi) is 6.07. The van der Waals surface area contributed by atoms with Gasteiger partial charge in [0.1, 0.15) is 6.54 Å². The van der Waals surface area contributed by atoms with Gasteiger partial charge in [-0.25, -0.2) is 14.2 Å². The Morgan fingerprint density at radius 3 is 2.52 bits per heavy atom. The summed E-state index contributed by atoms with van der Waals surface area (Å²) in [4.78, 5) is 46.3. The van der Waals surface area contributed by atoms with Crippen molar-refractivity contribution in [3.63, 3.8) is 0 Å². The summed E-state index contributed by atoms with van der Waals surface area (Å²) in [6.07, 6.45) is 0. The fraction of sp³-hybridized carbons (Fsp3) is 0.450. The molecule has 1 aromatic carbocycles. The number of esters is 1. The first-order valence-electron chi connectivity index (χ1n) is 9.47. The number of hydrogen-bond donors (Lipinski definition) is 0. The number of amidine groups is 2. The van der Waals surface area contributed by atoms with Crippen molar-refractivity contribution in [3.8, 4) is 0 Å². The molecule has 2 aliphatic heterocycles. The van der Waals surface area contributed by atoms with Gasteiger partial charge in [0, 0.05) is 20.6 Å². The van der Waals surface area contributed by atoms with E-state index in [-0.39, 0.29) is 13.2 Å². The quantitative estimate of drug-likeness (QED) is 0.489. The fourth-order valence-corrected chi connectivity index (χ4v) is 3.50. The monoisotopic (exact) mass is 400 g/mol. The van der Waals surface area contributed by atoms with Crippen LogP contribution in [-0.4, -0.2) is 95.7 Å². The molecule has 1 saturated heterocycles. The Labute approximate surface area is 169 Å². The molecule has 0 bridgehead atoms. The van der Waals surface area contributed by atoms with E-state index >= 15 is 0 Å². The molecule has 1 atom stereocenters. The van der Waals surface area contributed by atoms with Gasteiger partial charge in [0.2, 0.25) is 0 Å². The normalized spacial score (nSPS) is 19.1. The van der Waals surface area contributed by atoms with Gasteiger partial charge in [-0.1, -0.05) is 30.3 Å². The minimum absolute atomic E-state index is 0.109. The predicted molar refractivity (Wildman–Crippen MR) is 107 cm³/mol. The SMILES string of the molecule is CCOC(=O)C[N+]1=C(CN(C)Cc2ccccc2)N=C2C1C(=O)N(C)C(=O)N2C. The Hall–Kier alpha value is -3.07. The highest BCUT2D eigenvalue weighted by Gasteiger charge is 2.53. The van der Waals surface area contributed by atoms with E-state index < -0.39 is 23.9 Å². The third-order valence-electron chi connectivity index (χ3n) is 4.92. The number of carbonyl (C=O) groups is 3. The van der Waals surface area contributed by atoms with E-state index in [4.69, 9.17) is 4.74 Å². The smallest absolute Gasteiger partial charge is 0.348 e. The summed E-state index contributed by atoms with van der Waals surface area (Å²) in [5.41, 5.74) is 1.14. The number of benzene rings is 1. The second-order valence-electron chi connectivity index (χ2n) is 7.12. The van der Waals surface area contributed by atoms with Crippen molar-refractivity contribution in [2.75, 3.05) is 40.8 Å². The average Bonchev–Trinajstić information content (AvgIpc) is 3.03. The summed E-state index contributed by atoms with van der Waals surface area (Å²) >= 11 is 0. The molecule has 29 heavy (non-hydrogen) atoms. The van der Waals surface area contributed by atoms with Gasteiger partial charge in [-0.15, -0.1) is 0 Å². The van der Waals surface area contributed by atoms with Crippen LogP contribution in [0.5, 0.6) is 0 Å². The molecule has 0 aromatic heterocycles. The second-order valence-corrected chi connectivity index (χ2v) is 7.12. The molecule has 154 valence electrons. The molecule has 9 heteroatoms. The molecule has 2 aliphatic rings. The molecular weight excluding hydrogens is 374 g/mol. The predicted octanol–water partition coefficient (Wildman–Crippen LogP) is 0.397. The summed E-state index contributed by atoms with van der Waals surface area (Å²) in [6, 6.07) is 8.71. The van der Waals surface area contributed by atoms with E-state index in [0.29, 0.717) is 24.8 Å². The zero-order chi connectivity index (χ0) is 21.1. The Balaban J connectivity index is 1.89. The summed E-state index contributed by atoms with van der Waals surface area (Å²) in [5.74, 6) is 0.0457. The van der Waals surface area contributed by atoms with Gasteiger partial charge in [0.25, 0.3) is 17.8 Å². The van der Waals surface area contributed by atoms with Crippen molar-refractivity contribution in [1.29, 1.82) is 0 Å². The van der Waals surface area contributed by atoms with E-state index in [2.05, 4.69) is 4.99 Å². The van der Waals surface area contributed by atoms with Crippen molar-refractivity contribution in [1.82, 2.24) is 14.7 Å². The van der Waals surface area contributed by atoms with E-state index in [1.54, 1.807) is 18.5 Å². The molecule has 1 fully saturated rings. The number of nitrogens with zero attached hydrogens (tertiary/aromatic N) is 5. The molecule has 0 radical (unpaired) electrons. The van der Waals surface area contributed by atoms with Crippen molar-refractivity contribution < 1.29 is 23.7 Å². The maximum atomic E-state index is 12.8. The molecule has 3 rings (SSSR count). The van der Waals surface area contributed by atoms with E-state index in [1.165, 1.54) is 11.9 Å². The zero-order valence-electron chi connectivity index (χ0n) is 17.2. The van der Waals surface area contributed by atoms with Gasteiger partial charge in [0.05, 0.1) is 6.61 Å². The minimum Gasteiger partial charge on any atom is -0.463 e. The molecule has 2 heterocycles. The van der Waals surface area contributed by atoms with Gasteiger partial charge < -0.3 is 4.74 Å². The average molecular weight is 400 g/mol. The topological polar surface area (TPSA) is 85.5 Å². The number of amides is 3. The molecule has 0 spiro atoms. The number of imide groups is 1. The minimum atomic E-state index is -0.813. The maximum absolute atomic E-state index is 12.8. The van der Waals surface area contributed by atoms with E-state index in [9.17, 15) is 14.4 Å². The summed E-state index contributed by atoms with van der Waals surface area (Å²) in [5, 5.41) is 0. The summed E-state index contributed by atoms with van der Waals surface area (Å²) in [7, 11) is 4.95. The highest BCUT2D eigenvalue weighted by atomic mass is 16.5. The first-order chi connectivity index (χ1) is 13.8. The lowest BCUT2D eigenvalue weighted by atomic mass is 10.1. The number of hydrogen-bond acceptors (Lipinski definition) is 6. The number of urea groups is 1. The number of aliphatic imine (C=N–C) groups is 1. The summed E-state index contributed by atoms with van der Waals surface area (Å²) in [6.45, 7) is 2.96. The number of carbonyl (C=O) groups excluding carboxylic acids is 3. The van der Waals surface area contributed by atoms with Crippen LogP contribution in [-0.2, 0) is 20.9 Å². The van der Waals surface area contributed by atoms with Crippen molar-refractivity contribution in [3.05, 3.63) is 35.9 Å². The van der Waals surface area contributed by atoms with Gasteiger partial charge in [0.15, 0.2) is 6.54 Å². The molecule has 0 N–H and O–H groups in total. The first-order valence-corrected chi connectivity index (χ1v) is 9.47. The molecule has 9 nitrogen and oxygen atoms in total. The lowest BCUT2D eigenvalue weighted by Gasteiger charge is -2.30. The van der Waals surface area contributed by atoms with Crippen LogP contribution in [0.25, 0.3) is 0 Å². The zero-order valence-corrected chi connectivity index (χ0v) is 17.2. The summed E-state index contributed by atoms with van der Waals surface area (Å²) < 4.78 is 6.71. The van der Waals surface area contributed by atoms with Crippen LogP contribution in [0.1, 0.15) is 12.5 Å². The Morgan fingerprint density at radius 1 is 1.17 bits per heavy atom. The van der Waals surface area contributed by atoms with E-state index in [0.717, 1.165) is 10.5 Å². The van der Waals surface area contributed by atoms with Crippen LogP contribution in [0.2, 0.25) is 0 Å². The standard InChI is InChI=1S/C20H26N5O4/c1-5-29-16(26)13-25-15(12-22(2)11-14-9-7-6-8-10-14)21-18-17(25)19(27)24(4)20(28)23(18)3/h6-10,17H,5,11-13H2,1-4H3/q+1. The van der Waals surface area contributed by atoms with Crippen LogP contribution < -0.4 is 0 Å². The molecule has 1 unspecified atom stereocenters. The maximum Gasteiger partial charge on any atom is 0.348 e. The Bertz CT molecular complexity index is 880. The number of likely N-dealkylation sites (N-methyl/N-ethyl adjacent to an activating group) is 3. The van der Waals surface area contributed by atoms with Crippen molar-refractivity contribution in [2.45, 2.75) is 19.5 Å². The van der Waals surface area contributed by atoms with Crippen LogP contribution in [0.15, 0.2) is 35.3 Å². The lowest BCUT2D eigenvalue weighted by molar-refractivity contribution is -0.527. The van der Waals surface area contributed by atoms with Gasteiger partial charge in [-0.05, 0) is 24.5 Å². The van der Waals surface area contributed by atoms with Gasteiger partial charge in [-0.3, -0.25) is 19.5 Å². The molecule has 0 saturated carbocycles. The van der Waals surface area contributed by atoms with Crippen LogP contribution in [0, 0.1) is 0 Å². The molecular formula is C20H26N5O4+. The van der Waals surface area contributed by atoms with Crippen LogP contribution in [0.3, 0.4) is 0 Å². The number of rotatable bonds is 7. The van der Waals surface area contributed by atoms with Gasteiger partial charge in [-0.2, -0.15) is 0 Å². The Morgan fingerprint density at radius 2 is 1.86 bits per heavy atom. The third kappa shape index (κ3) is 4.19. The van der Waals surface area contributed by atoms with Crippen molar-refractivity contribution >= 4 is 29.6 Å². The second kappa shape index (κ2) is 8.52. The van der Waals surface area contributed by atoms with E-state index in [1.807, 2.05) is 42.3 Å². The third-order valence-corrected chi connectivity index (χ3v) is 4.92. The largest absolute Gasteiger partial charge is 0.463 e. The first kappa shape index (κ1) is 20.7. The lowest BCUT2D eigenvalue weighted by Crippen LogP contribution is -2.62. The van der Waals surface area contributed by atoms with Crippen LogP contribution >= 0.6 is 0 Å². The van der Waals surface area contributed by atoms with Gasteiger partial charge >= 0.3 is 17.8 Å². The highest BCUT2D eigenvalue weighted by molar-refractivity contribution is 6.23. The van der Waals surface area contributed by atoms with Crippen LogP contribution in [0.4, 0.5) is 4.79 Å². The number of fused-ring (bicyclic) bond motifs is 1. The highest BCUT2D eigenvalue weighted by Crippen LogP contribution is 2.19. The fourth-order valence-electron chi connectivity index (χ4n) is 3.50. The molecule has 3 amide bonds. The molecule has 1 aromatic rings. The van der Waals surface area contributed by atoms with Crippen molar-refractivity contribution in [2.24, 2.45) is 4.99 Å².